The summed E-state index contributed by atoms with van der Waals surface area (Å²) in [5.41, 5.74) is 9.13. The SMILES string of the molecule is COc1cc(N)c(Cl)cc1C(=O)NN1CCCC1CO. The summed E-state index contributed by atoms with van der Waals surface area (Å²) < 4.78 is 5.15. The van der Waals surface area contributed by atoms with Crippen LogP contribution >= 0.6 is 11.6 Å². The van der Waals surface area contributed by atoms with E-state index in [0.717, 1.165) is 12.8 Å². The van der Waals surface area contributed by atoms with Crippen LogP contribution in [0.5, 0.6) is 5.75 Å². The number of hydrogen-bond acceptors (Lipinski definition) is 5. The molecule has 1 aliphatic rings. The molecule has 1 saturated heterocycles. The normalized spacial score (nSPS) is 19.1. The number of anilines is 1. The number of rotatable bonds is 4. The number of hydrogen-bond donors (Lipinski definition) is 3. The number of benzene rings is 1. The molecule has 20 heavy (non-hydrogen) atoms. The second-order valence-corrected chi connectivity index (χ2v) is 5.09. The molecule has 6 nitrogen and oxygen atoms in total. The van der Waals surface area contributed by atoms with Crippen LogP contribution in [0.2, 0.25) is 5.02 Å². The average Bonchev–Trinajstić information content (AvgIpc) is 2.88. The number of nitrogen functional groups attached to an aromatic ring is 1. The van der Waals surface area contributed by atoms with Crippen molar-refractivity contribution in [2.75, 3.05) is 26.0 Å². The molecule has 0 aliphatic carbocycles. The number of nitrogens with two attached hydrogens (primary N) is 1. The van der Waals surface area contributed by atoms with Crippen LogP contribution in [0.3, 0.4) is 0 Å². The third-order valence-electron chi connectivity index (χ3n) is 3.40. The zero-order valence-corrected chi connectivity index (χ0v) is 12.0. The number of aliphatic hydroxyl groups excluding tert-OH is 1. The van der Waals surface area contributed by atoms with E-state index in [1.807, 2.05) is 0 Å². The van der Waals surface area contributed by atoms with E-state index in [0.29, 0.717) is 28.6 Å². The van der Waals surface area contributed by atoms with Gasteiger partial charge in [0.2, 0.25) is 0 Å². The van der Waals surface area contributed by atoms with Gasteiger partial charge in [-0.15, -0.1) is 0 Å². The molecule has 1 aliphatic heterocycles. The van der Waals surface area contributed by atoms with E-state index in [9.17, 15) is 9.90 Å². The first-order chi connectivity index (χ1) is 9.56. The van der Waals surface area contributed by atoms with E-state index in [2.05, 4.69) is 5.43 Å². The van der Waals surface area contributed by atoms with Gasteiger partial charge in [-0.1, -0.05) is 11.6 Å². The predicted molar refractivity (Wildman–Crippen MR) is 76.7 cm³/mol. The van der Waals surface area contributed by atoms with Crippen LogP contribution in [0.15, 0.2) is 12.1 Å². The summed E-state index contributed by atoms with van der Waals surface area (Å²) in [7, 11) is 1.46. The highest BCUT2D eigenvalue weighted by atomic mass is 35.5. The zero-order valence-electron chi connectivity index (χ0n) is 11.2. The lowest BCUT2D eigenvalue weighted by molar-refractivity contribution is 0.0684. The Kier molecular flexibility index (Phi) is 4.69. The summed E-state index contributed by atoms with van der Waals surface area (Å²) in [6.45, 7) is 0.724. The van der Waals surface area contributed by atoms with Crippen LogP contribution in [-0.4, -0.2) is 42.3 Å². The maximum absolute atomic E-state index is 12.3. The van der Waals surface area contributed by atoms with Gasteiger partial charge in [0.05, 0.1) is 36.0 Å². The van der Waals surface area contributed by atoms with Gasteiger partial charge in [0.15, 0.2) is 0 Å². The van der Waals surface area contributed by atoms with Crippen molar-refractivity contribution in [2.24, 2.45) is 0 Å². The number of halogens is 1. The number of aliphatic hydroxyl groups is 1. The van der Waals surface area contributed by atoms with Crippen LogP contribution in [0.4, 0.5) is 5.69 Å². The van der Waals surface area contributed by atoms with Crippen molar-refractivity contribution in [3.05, 3.63) is 22.7 Å². The highest BCUT2D eigenvalue weighted by Gasteiger charge is 2.26. The number of nitrogens with one attached hydrogen (secondary N) is 1. The fourth-order valence-corrected chi connectivity index (χ4v) is 2.44. The Labute approximate surface area is 122 Å². The largest absolute Gasteiger partial charge is 0.496 e. The monoisotopic (exact) mass is 299 g/mol. The molecule has 1 amide bonds. The molecule has 2 rings (SSSR count). The lowest BCUT2D eigenvalue weighted by Gasteiger charge is -2.23. The van der Waals surface area contributed by atoms with Crippen molar-refractivity contribution < 1.29 is 14.6 Å². The maximum atomic E-state index is 12.3. The van der Waals surface area contributed by atoms with E-state index in [1.165, 1.54) is 19.2 Å². The summed E-state index contributed by atoms with van der Waals surface area (Å²) >= 11 is 5.95. The van der Waals surface area contributed by atoms with Crippen molar-refractivity contribution in [3.63, 3.8) is 0 Å². The smallest absolute Gasteiger partial charge is 0.269 e. The van der Waals surface area contributed by atoms with Gasteiger partial charge < -0.3 is 15.6 Å². The van der Waals surface area contributed by atoms with Gasteiger partial charge in [0, 0.05) is 12.6 Å². The van der Waals surface area contributed by atoms with Gasteiger partial charge in [-0.3, -0.25) is 10.2 Å². The molecule has 0 bridgehead atoms. The van der Waals surface area contributed by atoms with E-state index < -0.39 is 0 Å². The second kappa shape index (κ2) is 6.30. The molecule has 1 heterocycles. The van der Waals surface area contributed by atoms with Crippen molar-refractivity contribution in [1.29, 1.82) is 0 Å². The minimum atomic E-state index is -0.330. The number of ether oxygens (including phenoxy) is 1. The van der Waals surface area contributed by atoms with Gasteiger partial charge in [0.25, 0.3) is 5.91 Å². The van der Waals surface area contributed by atoms with Crippen LogP contribution in [0.25, 0.3) is 0 Å². The van der Waals surface area contributed by atoms with Crippen molar-refractivity contribution >= 4 is 23.2 Å². The first-order valence-electron chi connectivity index (χ1n) is 6.38. The molecular weight excluding hydrogens is 282 g/mol. The number of methoxy groups -OCH3 is 1. The summed E-state index contributed by atoms with van der Waals surface area (Å²) in [6.07, 6.45) is 1.79. The molecule has 0 spiro atoms. The number of carbonyl (C=O) groups excluding carboxylic acids is 1. The Hall–Kier alpha value is -1.50. The lowest BCUT2D eigenvalue weighted by atomic mass is 10.1. The van der Waals surface area contributed by atoms with Gasteiger partial charge in [-0.05, 0) is 18.9 Å². The Balaban J connectivity index is 2.18. The quantitative estimate of drug-likeness (QED) is 0.723. The Morgan fingerprint density at radius 1 is 1.65 bits per heavy atom. The topological polar surface area (TPSA) is 87.8 Å². The van der Waals surface area contributed by atoms with Gasteiger partial charge in [-0.2, -0.15) is 0 Å². The lowest BCUT2D eigenvalue weighted by Crippen LogP contribution is -2.46. The Morgan fingerprint density at radius 2 is 2.40 bits per heavy atom. The Morgan fingerprint density at radius 3 is 3.05 bits per heavy atom. The molecule has 7 heteroatoms. The van der Waals surface area contributed by atoms with E-state index in [1.54, 1.807) is 5.01 Å². The van der Waals surface area contributed by atoms with Gasteiger partial charge >= 0.3 is 0 Å². The van der Waals surface area contributed by atoms with Crippen LogP contribution in [0.1, 0.15) is 23.2 Å². The molecule has 110 valence electrons. The molecule has 4 N–H and O–H groups in total. The number of carbonyl (C=O) groups is 1. The van der Waals surface area contributed by atoms with Gasteiger partial charge in [0.1, 0.15) is 5.75 Å². The summed E-state index contributed by atoms with van der Waals surface area (Å²) in [5.74, 6) is 0.0354. The van der Waals surface area contributed by atoms with Crippen LogP contribution < -0.4 is 15.9 Å². The summed E-state index contributed by atoms with van der Waals surface area (Å²) in [5, 5.41) is 11.3. The van der Waals surface area contributed by atoms with Crippen LogP contribution in [0, 0.1) is 0 Å². The third-order valence-corrected chi connectivity index (χ3v) is 3.72. The molecule has 1 unspecified atom stereocenters. The highest BCUT2D eigenvalue weighted by Crippen LogP contribution is 2.29. The van der Waals surface area contributed by atoms with Crippen molar-refractivity contribution in [2.45, 2.75) is 18.9 Å². The first kappa shape index (κ1) is 14.9. The number of amides is 1. The number of nitrogens with zero attached hydrogens (tertiary/aromatic N) is 1. The standard InChI is InChI=1S/C13H18ClN3O3/c1-20-12-6-11(15)10(14)5-9(12)13(19)16-17-4-2-3-8(17)7-18/h5-6,8,18H,2-4,7,15H2,1H3,(H,16,19). The minimum Gasteiger partial charge on any atom is -0.496 e. The van der Waals surface area contributed by atoms with Crippen molar-refractivity contribution in [3.8, 4) is 5.75 Å². The molecule has 1 fully saturated rings. The van der Waals surface area contributed by atoms with E-state index in [4.69, 9.17) is 22.1 Å². The molecule has 0 saturated carbocycles. The fourth-order valence-electron chi connectivity index (χ4n) is 2.28. The number of hydrazine groups is 1. The fraction of sp³-hybridized carbons (Fsp3) is 0.462. The average molecular weight is 300 g/mol. The molecular formula is C13H18ClN3O3. The maximum Gasteiger partial charge on any atom is 0.269 e. The molecule has 0 aromatic heterocycles. The molecule has 1 aromatic rings. The summed E-state index contributed by atoms with van der Waals surface area (Å²) in [6, 6.07) is 2.95. The third kappa shape index (κ3) is 2.98. The Bertz CT molecular complexity index is 510. The second-order valence-electron chi connectivity index (χ2n) is 4.69. The predicted octanol–water partition coefficient (Wildman–Crippen LogP) is 1.03. The van der Waals surface area contributed by atoms with Crippen molar-refractivity contribution in [1.82, 2.24) is 10.4 Å². The molecule has 1 atom stereocenters. The minimum absolute atomic E-state index is 0.0138. The summed E-state index contributed by atoms with van der Waals surface area (Å²) in [4.78, 5) is 12.3. The van der Waals surface area contributed by atoms with Crippen LogP contribution in [-0.2, 0) is 0 Å². The van der Waals surface area contributed by atoms with Gasteiger partial charge in [-0.25, -0.2) is 5.01 Å². The van der Waals surface area contributed by atoms with E-state index >= 15 is 0 Å². The van der Waals surface area contributed by atoms with E-state index in [-0.39, 0.29) is 18.6 Å². The molecule has 1 aromatic carbocycles. The highest BCUT2D eigenvalue weighted by molar-refractivity contribution is 6.33. The zero-order chi connectivity index (χ0) is 14.7. The molecule has 0 radical (unpaired) electrons. The first-order valence-corrected chi connectivity index (χ1v) is 6.76.